The number of benzene rings is 1. The molecule has 0 amide bonds. The van der Waals surface area contributed by atoms with Crippen LogP contribution in [0, 0.1) is 5.92 Å². The van der Waals surface area contributed by atoms with Gasteiger partial charge in [0, 0.05) is 12.1 Å². The van der Waals surface area contributed by atoms with Gasteiger partial charge in [-0.05, 0) is 43.6 Å². The molecule has 0 atom stereocenters. The first-order valence-corrected chi connectivity index (χ1v) is 6.99. The van der Waals surface area contributed by atoms with E-state index in [9.17, 15) is 18.3 Å². The second-order valence-electron chi connectivity index (χ2n) is 5.40. The highest BCUT2D eigenvalue weighted by Gasteiger charge is 2.41. The Morgan fingerprint density at radius 3 is 2.48 bits per heavy atom. The Morgan fingerprint density at radius 2 is 1.95 bits per heavy atom. The van der Waals surface area contributed by atoms with Crippen molar-refractivity contribution in [3.63, 3.8) is 0 Å². The standard InChI is InChI=1S/C15H20F3NO2/c1-21-14-3-2-11(10-20)8-12(14)9-19-6-4-13(5-7-19)15(16,17)18/h2-3,8,13,20H,4-7,9-10H2,1H3. The normalized spacial score (nSPS) is 18.0. The Bertz CT molecular complexity index is 468. The number of ether oxygens (including phenoxy) is 1. The molecule has 21 heavy (non-hydrogen) atoms. The number of hydrogen-bond donors (Lipinski definition) is 1. The molecule has 1 aromatic carbocycles. The highest BCUT2D eigenvalue weighted by Crippen LogP contribution is 2.34. The van der Waals surface area contributed by atoms with E-state index >= 15 is 0 Å². The van der Waals surface area contributed by atoms with E-state index in [0.717, 1.165) is 11.1 Å². The fourth-order valence-corrected chi connectivity index (χ4v) is 2.71. The fourth-order valence-electron chi connectivity index (χ4n) is 2.71. The largest absolute Gasteiger partial charge is 0.496 e. The quantitative estimate of drug-likeness (QED) is 0.928. The summed E-state index contributed by atoms with van der Waals surface area (Å²) in [6.07, 6.45) is -3.79. The van der Waals surface area contributed by atoms with Crippen LogP contribution < -0.4 is 4.74 Å². The minimum absolute atomic E-state index is 0.0624. The highest BCUT2D eigenvalue weighted by atomic mass is 19.4. The van der Waals surface area contributed by atoms with E-state index in [-0.39, 0.29) is 19.4 Å². The summed E-state index contributed by atoms with van der Waals surface area (Å²) >= 11 is 0. The number of piperidine rings is 1. The van der Waals surface area contributed by atoms with Gasteiger partial charge >= 0.3 is 6.18 Å². The molecule has 0 unspecified atom stereocenters. The van der Waals surface area contributed by atoms with E-state index in [4.69, 9.17) is 4.74 Å². The van der Waals surface area contributed by atoms with Crippen LogP contribution in [0.5, 0.6) is 5.75 Å². The molecule has 0 saturated carbocycles. The second-order valence-corrected chi connectivity index (χ2v) is 5.40. The highest BCUT2D eigenvalue weighted by molar-refractivity contribution is 5.37. The zero-order chi connectivity index (χ0) is 15.5. The monoisotopic (exact) mass is 303 g/mol. The fraction of sp³-hybridized carbons (Fsp3) is 0.600. The zero-order valence-electron chi connectivity index (χ0n) is 12.0. The van der Waals surface area contributed by atoms with Crippen LogP contribution in [-0.4, -0.2) is 36.4 Å². The second kappa shape index (κ2) is 6.66. The Kier molecular flexibility index (Phi) is 5.11. The molecule has 0 aromatic heterocycles. The summed E-state index contributed by atoms with van der Waals surface area (Å²) < 4.78 is 43.2. The maximum Gasteiger partial charge on any atom is 0.391 e. The number of likely N-dealkylation sites (tertiary alicyclic amines) is 1. The van der Waals surface area contributed by atoms with Gasteiger partial charge in [0.2, 0.25) is 0 Å². The van der Waals surface area contributed by atoms with Gasteiger partial charge in [0.15, 0.2) is 0 Å². The van der Waals surface area contributed by atoms with E-state index in [2.05, 4.69) is 0 Å². The molecule has 1 aliphatic rings. The average molecular weight is 303 g/mol. The summed E-state index contributed by atoms with van der Waals surface area (Å²) in [4.78, 5) is 2.00. The minimum Gasteiger partial charge on any atom is -0.496 e. The van der Waals surface area contributed by atoms with Gasteiger partial charge in [-0.3, -0.25) is 4.90 Å². The van der Waals surface area contributed by atoms with E-state index in [1.807, 2.05) is 11.0 Å². The van der Waals surface area contributed by atoms with Crippen molar-refractivity contribution >= 4 is 0 Å². The molecule has 1 N–H and O–H groups in total. The van der Waals surface area contributed by atoms with Crippen molar-refractivity contribution in [1.29, 1.82) is 0 Å². The summed E-state index contributed by atoms with van der Waals surface area (Å²) in [6.45, 7) is 1.34. The first-order chi connectivity index (χ1) is 9.94. The van der Waals surface area contributed by atoms with E-state index in [1.165, 1.54) is 0 Å². The SMILES string of the molecule is COc1ccc(CO)cc1CN1CCC(C(F)(F)F)CC1. The van der Waals surface area contributed by atoms with Gasteiger partial charge in [-0.2, -0.15) is 13.2 Å². The summed E-state index contributed by atoms with van der Waals surface area (Å²) in [5.41, 5.74) is 1.67. The molecule has 2 rings (SSSR count). The van der Waals surface area contributed by atoms with Gasteiger partial charge in [0.05, 0.1) is 19.6 Å². The lowest BCUT2D eigenvalue weighted by Gasteiger charge is -2.33. The van der Waals surface area contributed by atoms with Gasteiger partial charge in [0.1, 0.15) is 5.75 Å². The molecule has 1 aromatic rings. The van der Waals surface area contributed by atoms with Crippen LogP contribution in [0.25, 0.3) is 0 Å². The van der Waals surface area contributed by atoms with Gasteiger partial charge in [-0.1, -0.05) is 6.07 Å². The van der Waals surface area contributed by atoms with E-state index in [1.54, 1.807) is 19.2 Å². The molecular formula is C15H20F3NO2. The molecule has 0 aliphatic carbocycles. The van der Waals surface area contributed by atoms with E-state index in [0.29, 0.717) is 25.4 Å². The lowest BCUT2D eigenvalue weighted by molar-refractivity contribution is -0.185. The first kappa shape index (κ1) is 16.1. The molecule has 118 valence electrons. The summed E-state index contributed by atoms with van der Waals surface area (Å²) in [5.74, 6) is -0.482. The molecule has 1 fully saturated rings. The summed E-state index contributed by atoms with van der Waals surface area (Å²) in [7, 11) is 1.56. The zero-order valence-corrected chi connectivity index (χ0v) is 12.0. The number of hydrogen-bond acceptors (Lipinski definition) is 3. The van der Waals surface area contributed by atoms with Crippen LogP contribution >= 0.6 is 0 Å². The minimum atomic E-state index is -4.08. The van der Waals surface area contributed by atoms with Crippen molar-refractivity contribution in [2.24, 2.45) is 5.92 Å². The number of methoxy groups -OCH3 is 1. The molecule has 0 spiro atoms. The molecule has 1 saturated heterocycles. The van der Waals surface area contributed by atoms with Crippen molar-refractivity contribution < 1.29 is 23.0 Å². The summed E-state index contributed by atoms with van der Waals surface area (Å²) in [6, 6.07) is 5.40. The van der Waals surface area contributed by atoms with Crippen molar-refractivity contribution in [3.05, 3.63) is 29.3 Å². The van der Waals surface area contributed by atoms with Gasteiger partial charge in [-0.25, -0.2) is 0 Å². The van der Waals surface area contributed by atoms with Crippen molar-refractivity contribution in [1.82, 2.24) is 4.90 Å². The lowest BCUT2D eigenvalue weighted by Crippen LogP contribution is -2.38. The number of aliphatic hydroxyl groups excluding tert-OH is 1. The van der Waals surface area contributed by atoms with Crippen LogP contribution in [0.2, 0.25) is 0 Å². The van der Waals surface area contributed by atoms with E-state index < -0.39 is 12.1 Å². The number of aliphatic hydroxyl groups is 1. The third kappa shape index (κ3) is 4.11. The Hall–Kier alpha value is -1.27. The predicted molar refractivity (Wildman–Crippen MR) is 73.0 cm³/mol. The Labute approximate surface area is 122 Å². The van der Waals surface area contributed by atoms with Gasteiger partial charge < -0.3 is 9.84 Å². The third-order valence-electron chi connectivity index (χ3n) is 3.97. The van der Waals surface area contributed by atoms with Crippen molar-refractivity contribution in [3.8, 4) is 5.75 Å². The average Bonchev–Trinajstić information content (AvgIpc) is 2.46. The lowest BCUT2D eigenvalue weighted by atomic mass is 9.96. The predicted octanol–water partition coefficient (Wildman–Crippen LogP) is 2.96. The van der Waals surface area contributed by atoms with Crippen LogP contribution in [0.4, 0.5) is 13.2 Å². The molecule has 1 aliphatic heterocycles. The smallest absolute Gasteiger partial charge is 0.391 e. The number of alkyl halides is 3. The van der Waals surface area contributed by atoms with Crippen LogP contribution in [0.1, 0.15) is 24.0 Å². The molecule has 1 heterocycles. The molecule has 3 nitrogen and oxygen atoms in total. The van der Waals surface area contributed by atoms with Crippen molar-refractivity contribution in [2.45, 2.75) is 32.2 Å². The molecule has 0 radical (unpaired) electrons. The van der Waals surface area contributed by atoms with Crippen LogP contribution in [0.3, 0.4) is 0 Å². The van der Waals surface area contributed by atoms with Crippen molar-refractivity contribution in [2.75, 3.05) is 20.2 Å². The van der Waals surface area contributed by atoms with Crippen LogP contribution in [0.15, 0.2) is 18.2 Å². The maximum absolute atomic E-state index is 12.6. The molecule has 6 heteroatoms. The molecular weight excluding hydrogens is 283 g/mol. The maximum atomic E-state index is 12.6. The first-order valence-electron chi connectivity index (χ1n) is 6.99. The Balaban J connectivity index is 2.00. The Morgan fingerprint density at radius 1 is 1.29 bits per heavy atom. The number of halogens is 3. The third-order valence-corrected chi connectivity index (χ3v) is 3.97. The van der Waals surface area contributed by atoms with Gasteiger partial charge in [0.25, 0.3) is 0 Å². The number of nitrogens with zero attached hydrogens (tertiary/aromatic N) is 1. The topological polar surface area (TPSA) is 32.7 Å². The van der Waals surface area contributed by atoms with Crippen LogP contribution in [-0.2, 0) is 13.2 Å². The van der Waals surface area contributed by atoms with Gasteiger partial charge in [-0.15, -0.1) is 0 Å². The number of rotatable bonds is 4. The molecule has 0 bridgehead atoms. The summed E-state index contributed by atoms with van der Waals surface area (Å²) in [5, 5.41) is 9.18.